The number of thiazole rings is 1. The van der Waals surface area contributed by atoms with Gasteiger partial charge in [-0.15, -0.1) is 32.9 Å². The third-order valence-electron chi connectivity index (χ3n) is 3.29. The van der Waals surface area contributed by atoms with Crippen molar-refractivity contribution < 1.29 is 4.79 Å². The lowest BCUT2D eigenvalue weighted by atomic mass is 10.1. The summed E-state index contributed by atoms with van der Waals surface area (Å²) in [6.07, 6.45) is 1.66. The number of thiophene rings is 1. The van der Waals surface area contributed by atoms with Crippen LogP contribution in [0.2, 0.25) is 0 Å². The van der Waals surface area contributed by atoms with E-state index in [-0.39, 0.29) is 11.9 Å². The molecule has 7 nitrogen and oxygen atoms in total. The van der Waals surface area contributed by atoms with Crippen molar-refractivity contribution in [2.75, 3.05) is 0 Å². The number of carbonyl (C=O) groups excluding carboxylic acids is 1. The van der Waals surface area contributed by atoms with Crippen molar-refractivity contribution in [3.8, 4) is 9.88 Å². The molecule has 0 aliphatic rings. The number of aromatic nitrogens is 5. The Morgan fingerprint density at radius 2 is 2.35 bits per heavy atom. The second-order valence-corrected chi connectivity index (χ2v) is 6.94. The second kappa shape index (κ2) is 6.97. The van der Waals surface area contributed by atoms with E-state index < -0.39 is 0 Å². The maximum absolute atomic E-state index is 12.6. The Hall–Kier alpha value is -2.13. The highest BCUT2D eigenvalue weighted by Crippen LogP contribution is 2.31. The van der Waals surface area contributed by atoms with Gasteiger partial charge in [0.05, 0.1) is 16.6 Å². The van der Waals surface area contributed by atoms with Gasteiger partial charge in [0.2, 0.25) is 0 Å². The van der Waals surface area contributed by atoms with Gasteiger partial charge in [0.15, 0.2) is 5.82 Å². The fraction of sp³-hybridized carbons (Fsp3) is 0.357. The summed E-state index contributed by atoms with van der Waals surface area (Å²) in [5.74, 6) is 0.354. The number of hydrogen-bond acceptors (Lipinski definition) is 7. The van der Waals surface area contributed by atoms with Crippen molar-refractivity contribution in [2.45, 2.75) is 32.7 Å². The first kappa shape index (κ1) is 15.8. The Morgan fingerprint density at radius 3 is 3.00 bits per heavy atom. The summed E-state index contributed by atoms with van der Waals surface area (Å²) >= 11 is 3.02. The minimum absolute atomic E-state index is 0.147. The van der Waals surface area contributed by atoms with Gasteiger partial charge in [-0.05, 0) is 24.8 Å². The van der Waals surface area contributed by atoms with Gasteiger partial charge in [-0.2, -0.15) is 5.21 Å². The third kappa shape index (κ3) is 3.45. The van der Waals surface area contributed by atoms with Crippen molar-refractivity contribution in [1.29, 1.82) is 0 Å². The Balaban J connectivity index is 1.80. The number of rotatable bonds is 6. The van der Waals surface area contributed by atoms with E-state index in [4.69, 9.17) is 0 Å². The maximum atomic E-state index is 12.6. The molecule has 0 radical (unpaired) electrons. The number of aryl methyl sites for hydroxylation is 1. The van der Waals surface area contributed by atoms with Crippen LogP contribution >= 0.6 is 22.7 Å². The van der Waals surface area contributed by atoms with Crippen molar-refractivity contribution in [2.24, 2.45) is 0 Å². The zero-order valence-corrected chi connectivity index (χ0v) is 14.4. The molecule has 0 aliphatic carbocycles. The summed E-state index contributed by atoms with van der Waals surface area (Å²) in [5, 5.41) is 19.8. The largest absolute Gasteiger partial charge is 0.341 e. The number of nitrogens with one attached hydrogen (secondary N) is 2. The molecule has 2 N–H and O–H groups in total. The first-order valence-corrected chi connectivity index (χ1v) is 8.94. The third-order valence-corrected chi connectivity index (χ3v) is 5.49. The zero-order valence-electron chi connectivity index (χ0n) is 12.7. The van der Waals surface area contributed by atoms with Gasteiger partial charge >= 0.3 is 0 Å². The first-order chi connectivity index (χ1) is 11.2. The molecule has 0 saturated heterocycles. The molecule has 3 heterocycles. The molecule has 0 fully saturated rings. The van der Waals surface area contributed by atoms with Gasteiger partial charge < -0.3 is 5.32 Å². The molecule has 0 aliphatic heterocycles. The molecule has 0 spiro atoms. The number of hydrogen-bond donors (Lipinski definition) is 2. The summed E-state index contributed by atoms with van der Waals surface area (Å²) in [7, 11) is 0. The highest BCUT2D eigenvalue weighted by molar-refractivity contribution is 7.22. The van der Waals surface area contributed by atoms with E-state index in [9.17, 15) is 4.79 Å². The highest BCUT2D eigenvalue weighted by atomic mass is 32.1. The molecule has 0 saturated carbocycles. The molecule has 1 amide bonds. The average Bonchev–Trinajstić information content (AvgIpc) is 3.28. The van der Waals surface area contributed by atoms with Crippen LogP contribution in [0.4, 0.5) is 0 Å². The van der Waals surface area contributed by atoms with E-state index in [0.29, 0.717) is 10.7 Å². The summed E-state index contributed by atoms with van der Waals surface area (Å²) in [4.78, 5) is 18.8. The van der Waals surface area contributed by atoms with Crippen molar-refractivity contribution in [3.63, 3.8) is 0 Å². The second-order valence-electron chi connectivity index (χ2n) is 5.00. The van der Waals surface area contributed by atoms with Gasteiger partial charge in [0.1, 0.15) is 9.88 Å². The molecule has 3 rings (SSSR count). The minimum atomic E-state index is -0.252. The van der Waals surface area contributed by atoms with Gasteiger partial charge in [-0.25, -0.2) is 4.98 Å². The van der Waals surface area contributed by atoms with Crippen LogP contribution in [0.1, 0.15) is 47.0 Å². The normalized spacial score (nSPS) is 12.3. The summed E-state index contributed by atoms with van der Waals surface area (Å²) in [5.41, 5.74) is 0.735. The Bertz CT molecular complexity index is 765. The molecular formula is C14H16N6OS2. The molecular weight excluding hydrogens is 332 g/mol. The SMILES string of the molecule is CCC[C@@H](NC(=O)c1sc(-c2cccs2)nc1C)c1nn[nH]n1. The van der Waals surface area contributed by atoms with Crippen molar-refractivity contribution in [1.82, 2.24) is 30.9 Å². The number of nitrogens with zero attached hydrogens (tertiary/aromatic N) is 4. The van der Waals surface area contributed by atoms with Gasteiger partial charge in [-0.3, -0.25) is 4.79 Å². The number of carbonyl (C=O) groups is 1. The Morgan fingerprint density at radius 1 is 1.48 bits per heavy atom. The number of amides is 1. The maximum Gasteiger partial charge on any atom is 0.263 e. The molecule has 9 heteroatoms. The van der Waals surface area contributed by atoms with Gasteiger partial charge in [0, 0.05) is 0 Å². The van der Waals surface area contributed by atoms with E-state index in [1.807, 2.05) is 31.4 Å². The molecule has 1 atom stereocenters. The van der Waals surface area contributed by atoms with Crippen LogP contribution in [0, 0.1) is 6.92 Å². The summed E-state index contributed by atoms with van der Waals surface area (Å²) < 4.78 is 0. The van der Waals surface area contributed by atoms with Crippen LogP contribution in [-0.2, 0) is 0 Å². The van der Waals surface area contributed by atoms with Crippen LogP contribution in [0.3, 0.4) is 0 Å². The van der Waals surface area contributed by atoms with E-state index in [2.05, 4.69) is 30.9 Å². The predicted molar refractivity (Wildman–Crippen MR) is 89.5 cm³/mol. The van der Waals surface area contributed by atoms with Crippen LogP contribution in [-0.4, -0.2) is 31.5 Å². The molecule has 23 heavy (non-hydrogen) atoms. The Kier molecular flexibility index (Phi) is 4.77. The number of tetrazole rings is 1. The van der Waals surface area contributed by atoms with Crippen LogP contribution in [0.5, 0.6) is 0 Å². The lowest BCUT2D eigenvalue weighted by Gasteiger charge is -2.13. The predicted octanol–water partition coefficient (Wildman–Crippen LogP) is 2.96. The van der Waals surface area contributed by atoms with Crippen molar-refractivity contribution >= 4 is 28.6 Å². The average molecular weight is 348 g/mol. The topological polar surface area (TPSA) is 96.5 Å². The van der Waals surface area contributed by atoms with E-state index in [0.717, 1.165) is 28.4 Å². The minimum Gasteiger partial charge on any atom is -0.341 e. The van der Waals surface area contributed by atoms with E-state index >= 15 is 0 Å². The van der Waals surface area contributed by atoms with E-state index in [1.54, 1.807) is 11.3 Å². The fourth-order valence-corrected chi connectivity index (χ4v) is 3.97. The van der Waals surface area contributed by atoms with E-state index in [1.165, 1.54) is 11.3 Å². The van der Waals surface area contributed by atoms with Gasteiger partial charge in [-0.1, -0.05) is 24.6 Å². The fourth-order valence-electron chi connectivity index (χ4n) is 2.21. The quantitative estimate of drug-likeness (QED) is 0.714. The molecule has 0 aromatic carbocycles. The molecule has 0 unspecified atom stereocenters. The van der Waals surface area contributed by atoms with Crippen LogP contribution in [0.15, 0.2) is 17.5 Å². The smallest absolute Gasteiger partial charge is 0.263 e. The lowest BCUT2D eigenvalue weighted by molar-refractivity contribution is 0.0936. The first-order valence-electron chi connectivity index (χ1n) is 7.24. The zero-order chi connectivity index (χ0) is 16.2. The molecule has 3 aromatic heterocycles. The molecule has 3 aromatic rings. The lowest BCUT2D eigenvalue weighted by Crippen LogP contribution is -2.29. The van der Waals surface area contributed by atoms with Crippen molar-refractivity contribution in [3.05, 3.63) is 33.9 Å². The van der Waals surface area contributed by atoms with Gasteiger partial charge in [0.25, 0.3) is 5.91 Å². The van der Waals surface area contributed by atoms with Crippen LogP contribution < -0.4 is 5.32 Å². The number of aromatic amines is 1. The highest BCUT2D eigenvalue weighted by Gasteiger charge is 2.22. The molecule has 0 bridgehead atoms. The standard InChI is InChI=1S/C14H16N6OS2/c1-3-5-9(12-17-19-20-18-12)16-13(21)11-8(2)15-14(23-11)10-6-4-7-22-10/h4,6-7,9H,3,5H2,1-2H3,(H,16,21)(H,17,18,19,20)/t9-/m1/s1. The summed E-state index contributed by atoms with van der Waals surface area (Å²) in [6.45, 7) is 3.90. The monoisotopic (exact) mass is 348 g/mol. The number of H-pyrrole nitrogens is 1. The summed E-state index contributed by atoms with van der Waals surface area (Å²) in [6, 6.07) is 3.73. The molecule has 120 valence electrons. The van der Waals surface area contributed by atoms with Crippen LogP contribution in [0.25, 0.3) is 9.88 Å². The Labute approximate surface area is 141 Å².